The molecule has 0 atom stereocenters. The average molecular weight is 356 g/mol. The molecule has 0 bridgehead atoms. The minimum Gasteiger partial charge on any atom is -0.379 e. The van der Waals surface area contributed by atoms with Crippen molar-refractivity contribution in [1.82, 2.24) is 20.2 Å². The predicted octanol–water partition coefficient (Wildman–Crippen LogP) is 1.12. The van der Waals surface area contributed by atoms with Gasteiger partial charge in [-0.05, 0) is 37.1 Å². The molecule has 1 fully saturated rings. The molecule has 2 heterocycles. The number of benzene rings is 1. The van der Waals surface area contributed by atoms with Crippen molar-refractivity contribution in [2.75, 3.05) is 39.4 Å². The van der Waals surface area contributed by atoms with Crippen LogP contribution in [0.1, 0.15) is 21.6 Å². The number of morpholine rings is 1. The van der Waals surface area contributed by atoms with Crippen LogP contribution in [0.15, 0.2) is 29.1 Å². The van der Waals surface area contributed by atoms with Crippen molar-refractivity contribution in [1.29, 1.82) is 0 Å². The van der Waals surface area contributed by atoms with Gasteiger partial charge in [-0.15, -0.1) is 0 Å². The Hall–Kier alpha value is -2.51. The van der Waals surface area contributed by atoms with Crippen molar-refractivity contribution in [2.45, 2.75) is 13.8 Å². The maximum atomic E-state index is 12.4. The molecule has 0 unspecified atom stereocenters. The molecule has 1 amide bonds. The Morgan fingerprint density at radius 2 is 2.00 bits per heavy atom. The number of rotatable bonds is 5. The third-order valence-corrected chi connectivity index (χ3v) is 4.61. The molecule has 0 radical (unpaired) electrons. The maximum Gasteiger partial charge on any atom is 0.346 e. The number of hydrogen-bond donors (Lipinski definition) is 2. The Labute approximate surface area is 152 Å². The second kappa shape index (κ2) is 8.25. The first-order valence-corrected chi connectivity index (χ1v) is 8.80. The Morgan fingerprint density at radius 1 is 1.23 bits per heavy atom. The van der Waals surface area contributed by atoms with Crippen LogP contribution < -0.4 is 11.0 Å². The zero-order chi connectivity index (χ0) is 18.5. The Kier molecular flexibility index (Phi) is 5.80. The number of carbonyl (C=O) groups is 1. The monoisotopic (exact) mass is 356 g/mol. The molecule has 1 aliphatic rings. The van der Waals surface area contributed by atoms with Gasteiger partial charge in [0.2, 0.25) is 0 Å². The summed E-state index contributed by atoms with van der Waals surface area (Å²) < 4.78 is 5.30. The molecule has 0 aliphatic carbocycles. The van der Waals surface area contributed by atoms with E-state index in [1.807, 2.05) is 32.0 Å². The molecule has 26 heavy (non-hydrogen) atoms. The summed E-state index contributed by atoms with van der Waals surface area (Å²) in [6.07, 6.45) is 0. The van der Waals surface area contributed by atoms with Crippen LogP contribution in [0, 0.1) is 13.8 Å². The fourth-order valence-electron chi connectivity index (χ4n) is 2.88. The van der Waals surface area contributed by atoms with Crippen molar-refractivity contribution in [3.63, 3.8) is 0 Å². The van der Waals surface area contributed by atoms with Gasteiger partial charge in [-0.2, -0.15) is 4.98 Å². The van der Waals surface area contributed by atoms with E-state index in [0.717, 1.165) is 44.0 Å². The van der Waals surface area contributed by atoms with Gasteiger partial charge in [0.05, 0.1) is 18.9 Å². The SMILES string of the molecule is Cc1ccc(-c2cc(C(=O)NCCN3CCOCC3)[nH]c(=O)n2)cc1C. The van der Waals surface area contributed by atoms with E-state index in [4.69, 9.17) is 4.74 Å². The highest BCUT2D eigenvalue weighted by Crippen LogP contribution is 2.19. The quantitative estimate of drug-likeness (QED) is 0.838. The summed E-state index contributed by atoms with van der Waals surface area (Å²) in [7, 11) is 0. The minimum atomic E-state index is -0.529. The highest BCUT2D eigenvalue weighted by molar-refractivity contribution is 5.93. The third kappa shape index (κ3) is 4.56. The van der Waals surface area contributed by atoms with E-state index in [0.29, 0.717) is 12.2 Å². The van der Waals surface area contributed by atoms with Gasteiger partial charge in [0.1, 0.15) is 5.69 Å². The van der Waals surface area contributed by atoms with E-state index >= 15 is 0 Å². The summed E-state index contributed by atoms with van der Waals surface area (Å²) in [5, 5.41) is 2.85. The van der Waals surface area contributed by atoms with Crippen LogP contribution in [-0.2, 0) is 4.74 Å². The molecule has 7 nitrogen and oxygen atoms in total. The number of carbonyl (C=O) groups excluding carboxylic acids is 1. The molecular weight excluding hydrogens is 332 g/mol. The molecule has 3 rings (SSSR count). The Bertz CT molecular complexity index is 841. The molecule has 1 saturated heterocycles. The van der Waals surface area contributed by atoms with E-state index in [9.17, 15) is 9.59 Å². The first kappa shape index (κ1) is 18.3. The molecule has 1 aromatic carbocycles. The van der Waals surface area contributed by atoms with Crippen LogP contribution >= 0.6 is 0 Å². The lowest BCUT2D eigenvalue weighted by Crippen LogP contribution is -2.41. The normalized spacial score (nSPS) is 15.0. The Balaban J connectivity index is 1.69. The minimum absolute atomic E-state index is 0.222. The zero-order valence-electron chi connectivity index (χ0n) is 15.2. The largest absolute Gasteiger partial charge is 0.379 e. The van der Waals surface area contributed by atoms with Gasteiger partial charge in [-0.3, -0.25) is 9.69 Å². The van der Waals surface area contributed by atoms with Gasteiger partial charge in [-0.1, -0.05) is 12.1 Å². The molecule has 0 saturated carbocycles. The highest BCUT2D eigenvalue weighted by atomic mass is 16.5. The van der Waals surface area contributed by atoms with E-state index in [2.05, 4.69) is 20.2 Å². The molecule has 1 aromatic heterocycles. The van der Waals surface area contributed by atoms with E-state index < -0.39 is 5.69 Å². The number of H-pyrrole nitrogens is 1. The average Bonchev–Trinajstić information content (AvgIpc) is 2.64. The van der Waals surface area contributed by atoms with E-state index in [1.165, 1.54) is 5.56 Å². The van der Waals surface area contributed by atoms with Crippen LogP contribution in [-0.4, -0.2) is 60.2 Å². The summed E-state index contributed by atoms with van der Waals surface area (Å²) in [5.74, 6) is -0.303. The number of amides is 1. The lowest BCUT2D eigenvalue weighted by atomic mass is 10.0. The van der Waals surface area contributed by atoms with Crippen molar-refractivity contribution in [2.24, 2.45) is 0 Å². The van der Waals surface area contributed by atoms with Crippen molar-refractivity contribution in [3.05, 3.63) is 51.6 Å². The summed E-state index contributed by atoms with van der Waals surface area (Å²) in [6, 6.07) is 7.48. The first-order valence-electron chi connectivity index (χ1n) is 8.80. The highest BCUT2D eigenvalue weighted by Gasteiger charge is 2.13. The topological polar surface area (TPSA) is 87.3 Å². The maximum absolute atomic E-state index is 12.4. The predicted molar refractivity (Wildman–Crippen MR) is 99.4 cm³/mol. The van der Waals surface area contributed by atoms with Gasteiger partial charge in [0.25, 0.3) is 5.91 Å². The summed E-state index contributed by atoms with van der Waals surface area (Å²) in [5.41, 5.74) is 3.29. The lowest BCUT2D eigenvalue weighted by molar-refractivity contribution is 0.0383. The smallest absolute Gasteiger partial charge is 0.346 e. The number of ether oxygens (including phenoxy) is 1. The first-order chi connectivity index (χ1) is 12.5. The van der Waals surface area contributed by atoms with Crippen LogP contribution in [0.2, 0.25) is 0 Å². The van der Waals surface area contributed by atoms with Gasteiger partial charge in [0, 0.05) is 31.7 Å². The number of nitrogens with one attached hydrogen (secondary N) is 2. The number of nitrogens with zero attached hydrogens (tertiary/aromatic N) is 2. The zero-order valence-corrected chi connectivity index (χ0v) is 15.2. The fraction of sp³-hybridized carbons (Fsp3) is 0.421. The lowest BCUT2D eigenvalue weighted by Gasteiger charge is -2.26. The summed E-state index contributed by atoms with van der Waals surface area (Å²) in [6.45, 7) is 8.51. The van der Waals surface area contributed by atoms with Gasteiger partial charge in [0.15, 0.2) is 0 Å². The molecular formula is C19H24N4O3. The summed E-state index contributed by atoms with van der Waals surface area (Å²) >= 11 is 0. The third-order valence-electron chi connectivity index (χ3n) is 4.61. The van der Waals surface area contributed by atoms with Crippen molar-refractivity contribution in [3.8, 4) is 11.3 Å². The van der Waals surface area contributed by atoms with Gasteiger partial charge < -0.3 is 15.0 Å². The molecule has 138 valence electrons. The fourth-order valence-corrected chi connectivity index (χ4v) is 2.88. The summed E-state index contributed by atoms with van der Waals surface area (Å²) in [4.78, 5) is 33.0. The van der Waals surface area contributed by atoms with Crippen LogP contribution in [0.4, 0.5) is 0 Å². The Morgan fingerprint density at radius 3 is 2.73 bits per heavy atom. The molecule has 2 N–H and O–H groups in total. The van der Waals surface area contributed by atoms with Crippen molar-refractivity contribution >= 4 is 5.91 Å². The molecule has 2 aromatic rings. The van der Waals surface area contributed by atoms with Crippen molar-refractivity contribution < 1.29 is 9.53 Å². The van der Waals surface area contributed by atoms with Crippen LogP contribution in [0.5, 0.6) is 0 Å². The number of hydrogen-bond acceptors (Lipinski definition) is 5. The molecule has 1 aliphatic heterocycles. The van der Waals surface area contributed by atoms with Crippen LogP contribution in [0.3, 0.4) is 0 Å². The second-order valence-electron chi connectivity index (χ2n) is 6.49. The van der Waals surface area contributed by atoms with E-state index in [-0.39, 0.29) is 11.6 Å². The second-order valence-corrected chi connectivity index (χ2v) is 6.49. The standard InChI is InChI=1S/C19H24N4O3/c1-13-3-4-15(11-14(13)2)16-12-17(22-19(25)21-16)18(24)20-5-6-23-7-9-26-10-8-23/h3-4,11-12H,5-10H2,1-2H3,(H,20,24)(H,21,22,25). The number of aromatic amines is 1. The molecule has 0 spiro atoms. The molecule has 7 heteroatoms. The van der Waals surface area contributed by atoms with Gasteiger partial charge >= 0.3 is 5.69 Å². The van der Waals surface area contributed by atoms with Gasteiger partial charge in [-0.25, -0.2) is 4.79 Å². The van der Waals surface area contributed by atoms with E-state index in [1.54, 1.807) is 6.07 Å². The number of aromatic nitrogens is 2. The van der Waals surface area contributed by atoms with Crippen LogP contribution in [0.25, 0.3) is 11.3 Å². The number of aryl methyl sites for hydroxylation is 2.